The van der Waals surface area contributed by atoms with Gasteiger partial charge in [-0.15, -0.1) is 11.8 Å². The zero-order chi connectivity index (χ0) is 9.97. The van der Waals surface area contributed by atoms with Gasteiger partial charge < -0.3 is 9.52 Å². The van der Waals surface area contributed by atoms with Gasteiger partial charge in [0, 0.05) is 10.1 Å². The summed E-state index contributed by atoms with van der Waals surface area (Å²) in [7, 11) is 0. The summed E-state index contributed by atoms with van der Waals surface area (Å²) in [5.41, 5.74) is 0. The van der Waals surface area contributed by atoms with E-state index in [9.17, 15) is 5.11 Å². The van der Waals surface area contributed by atoms with Crippen molar-refractivity contribution in [2.24, 2.45) is 0 Å². The van der Waals surface area contributed by atoms with Crippen LogP contribution < -0.4 is 0 Å². The first-order valence-corrected chi connectivity index (χ1v) is 6.04. The van der Waals surface area contributed by atoms with Gasteiger partial charge in [-0.3, -0.25) is 0 Å². The Balaban J connectivity index is 1.99. The van der Waals surface area contributed by atoms with Crippen LogP contribution >= 0.6 is 11.8 Å². The van der Waals surface area contributed by atoms with Crippen molar-refractivity contribution < 1.29 is 9.52 Å². The molecular weight excluding hydrogens is 196 g/mol. The lowest BCUT2D eigenvalue weighted by molar-refractivity contribution is 0.137. The first-order chi connectivity index (χ1) is 6.77. The molecule has 0 amide bonds. The van der Waals surface area contributed by atoms with Gasteiger partial charge in [-0.2, -0.15) is 0 Å². The summed E-state index contributed by atoms with van der Waals surface area (Å²) in [6.45, 7) is 1.97. The van der Waals surface area contributed by atoms with Crippen molar-refractivity contribution in [2.75, 3.05) is 0 Å². The average molecular weight is 212 g/mol. The van der Waals surface area contributed by atoms with Crippen LogP contribution in [0, 0.1) is 6.92 Å². The predicted octanol–water partition coefficient (Wildman–Crippen LogP) is 2.98. The third-order valence-electron chi connectivity index (χ3n) is 2.76. The molecule has 0 spiro atoms. The molecule has 2 atom stereocenters. The van der Waals surface area contributed by atoms with Gasteiger partial charge in [0.25, 0.3) is 0 Å². The van der Waals surface area contributed by atoms with Gasteiger partial charge in [-0.25, -0.2) is 0 Å². The SMILES string of the molecule is Cc1occc1S[C@H]1CCCC[C@@H]1O. The van der Waals surface area contributed by atoms with Gasteiger partial charge in [-0.1, -0.05) is 12.8 Å². The third-order valence-corrected chi connectivity index (χ3v) is 4.29. The highest BCUT2D eigenvalue weighted by Gasteiger charge is 2.24. The Morgan fingerprint density at radius 2 is 2.21 bits per heavy atom. The topological polar surface area (TPSA) is 33.4 Å². The third kappa shape index (κ3) is 2.15. The first kappa shape index (κ1) is 10.1. The highest BCUT2D eigenvalue weighted by Crippen LogP contribution is 2.35. The van der Waals surface area contributed by atoms with Crippen molar-refractivity contribution in [3.63, 3.8) is 0 Å². The van der Waals surface area contributed by atoms with Crippen LogP contribution in [0.3, 0.4) is 0 Å². The van der Waals surface area contributed by atoms with Gasteiger partial charge in [0.1, 0.15) is 5.76 Å². The lowest BCUT2D eigenvalue weighted by Gasteiger charge is -2.26. The lowest BCUT2D eigenvalue weighted by Crippen LogP contribution is -2.26. The van der Waals surface area contributed by atoms with E-state index in [0.717, 1.165) is 18.6 Å². The quantitative estimate of drug-likeness (QED) is 0.818. The Hall–Kier alpha value is -0.410. The van der Waals surface area contributed by atoms with Gasteiger partial charge in [0.15, 0.2) is 0 Å². The second-order valence-corrected chi connectivity index (χ2v) is 5.13. The summed E-state index contributed by atoms with van der Waals surface area (Å²) in [4.78, 5) is 1.18. The van der Waals surface area contributed by atoms with Crippen molar-refractivity contribution in [3.05, 3.63) is 18.1 Å². The van der Waals surface area contributed by atoms with E-state index in [1.165, 1.54) is 17.7 Å². The normalized spacial score (nSPS) is 27.9. The zero-order valence-electron chi connectivity index (χ0n) is 8.40. The van der Waals surface area contributed by atoms with E-state index in [2.05, 4.69) is 0 Å². The van der Waals surface area contributed by atoms with Gasteiger partial charge in [-0.05, 0) is 25.8 Å². The Kier molecular flexibility index (Phi) is 3.19. The molecule has 1 heterocycles. The zero-order valence-corrected chi connectivity index (χ0v) is 9.22. The fourth-order valence-electron chi connectivity index (χ4n) is 1.87. The summed E-state index contributed by atoms with van der Waals surface area (Å²) in [5.74, 6) is 0.966. The summed E-state index contributed by atoms with van der Waals surface area (Å²) in [5, 5.41) is 10.2. The number of aryl methyl sites for hydroxylation is 1. The van der Waals surface area contributed by atoms with Crippen molar-refractivity contribution in [2.45, 2.75) is 48.9 Å². The van der Waals surface area contributed by atoms with E-state index in [0.29, 0.717) is 5.25 Å². The smallest absolute Gasteiger partial charge is 0.114 e. The first-order valence-electron chi connectivity index (χ1n) is 5.16. The second-order valence-electron chi connectivity index (χ2n) is 3.85. The van der Waals surface area contributed by atoms with Crippen LogP contribution in [0.4, 0.5) is 0 Å². The van der Waals surface area contributed by atoms with E-state index in [-0.39, 0.29) is 6.10 Å². The molecule has 3 heteroatoms. The maximum atomic E-state index is 9.81. The minimum atomic E-state index is -0.136. The van der Waals surface area contributed by atoms with E-state index in [4.69, 9.17) is 4.42 Å². The average Bonchev–Trinajstić information content (AvgIpc) is 2.56. The molecule has 0 aromatic carbocycles. The molecule has 0 unspecified atom stereocenters. The Morgan fingerprint density at radius 1 is 1.43 bits per heavy atom. The van der Waals surface area contributed by atoms with E-state index >= 15 is 0 Å². The molecule has 1 fully saturated rings. The summed E-state index contributed by atoms with van der Waals surface area (Å²) in [6, 6.07) is 1.99. The molecule has 1 aromatic rings. The maximum absolute atomic E-state index is 9.81. The number of aliphatic hydroxyl groups excluding tert-OH is 1. The van der Waals surface area contributed by atoms with Crippen LogP contribution in [0.2, 0.25) is 0 Å². The number of rotatable bonds is 2. The van der Waals surface area contributed by atoms with Crippen molar-refractivity contribution in [1.82, 2.24) is 0 Å². The van der Waals surface area contributed by atoms with Crippen LogP contribution in [0.1, 0.15) is 31.4 Å². The molecule has 78 valence electrons. The molecular formula is C11H16O2S. The van der Waals surface area contributed by atoms with Crippen LogP contribution in [-0.2, 0) is 0 Å². The van der Waals surface area contributed by atoms with E-state index in [1.54, 1.807) is 18.0 Å². The van der Waals surface area contributed by atoms with E-state index < -0.39 is 0 Å². The molecule has 1 aromatic heterocycles. The Labute approximate surface area is 88.7 Å². The van der Waals surface area contributed by atoms with Crippen molar-refractivity contribution in [1.29, 1.82) is 0 Å². The molecule has 2 rings (SSSR count). The summed E-state index contributed by atoms with van der Waals surface area (Å²) in [6.07, 6.45) is 6.06. The molecule has 0 saturated heterocycles. The van der Waals surface area contributed by atoms with Gasteiger partial charge in [0.2, 0.25) is 0 Å². The number of thioether (sulfide) groups is 1. The number of aliphatic hydroxyl groups is 1. The fraction of sp³-hybridized carbons (Fsp3) is 0.636. The molecule has 1 aliphatic carbocycles. The number of hydrogen-bond acceptors (Lipinski definition) is 3. The Morgan fingerprint density at radius 3 is 2.86 bits per heavy atom. The molecule has 14 heavy (non-hydrogen) atoms. The highest BCUT2D eigenvalue weighted by molar-refractivity contribution is 8.00. The van der Waals surface area contributed by atoms with E-state index in [1.807, 2.05) is 13.0 Å². The Bertz CT molecular complexity index is 295. The lowest BCUT2D eigenvalue weighted by atomic mass is 9.97. The monoisotopic (exact) mass is 212 g/mol. The minimum absolute atomic E-state index is 0.136. The second kappa shape index (κ2) is 4.41. The molecule has 0 radical (unpaired) electrons. The van der Waals surface area contributed by atoms with Crippen molar-refractivity contribution in [3.8, 4) is 0 Å². The standard InChI is InChI=1S/C11H16O2S/c1-8-10(6-7-13-8)14-11-5-3-2-4-9(11)12/h6-7,9,11-12H,2-5H2,1H3/t9-,11-/m0/s1. The minimum Gasteiger partial charge on any atom is -0.468 e. The molecule has 1 saturated carbocycles. The molecule has 2 nitrogen and oxygen atoms in total. The summed E-state index contributed by atoms with van der Waals surface area (Å²) >= 11 is 1.76. The predicted molar refractivity (Wildman–Crippen MR) is 57.6 cm³/mol. The van der Waals surface area contributed by atoms with Crippen LogP contribution in [0.15, 0.2) is 21.6 Å². The molecule has 0 aliphatic heterocycles. The van der Waals surface area contributed by atoms with Gasteiger partial charge >= 0.3 is 0 Å². The van der Waals surface area contributed by atoms with Crippen LogP contribution in [-0.4, -0.2) is 16.5 Å². The molecule has 1 aliphatic rings. The maximum Gasteiger partial charge on any atom is 0.114 e. The summed E-state index contributed by atoms with van der Waals surface area (Å²) < 4.78 is 5.24. The van der Waals surface area contributed by atoms with Gasteiger partial charge in [0.05, 0.1) is 12.4 Å². The number of furan rings is 1. The molecule has 0 bridgehead atoms. The largest absolute Gasteiger partial charge is 0.468 e. The van der Waals surface area contributed by atoms with Crippen molar-refractivity contribution >= 4 is 11.8 Å². The molecule has 1 N–H and O–H groups in total. The number of hydrogen-bond donors (Lipinski definition) is 1. The highest BCUT2D eigenvalue weighted by atomic mass is 32.2. The van der Waals surface area contributed by atoms with Crippen LogP contribution in [0.25, 0.3) is 0 Å². The van der Waals surface area contributed by atoms with Crippen LogP contribution in [0.5, 0.6) is 0 Å². The fourth-order valence-corrected chi connectivity index (χ4v) is 3.13.